The molecule has 2 heterocycles. The standard InChI is InChI=1S/C26H27ClN6O/c1-28-17-11-9-16(10-12-17)25(34)31-18-5-4-6-19(13-18)32-26-30-15-22(27)24(33-26)21-14-29-23-8-3-2-7-20(21)23/h2-3,7-12,14-15,18-19,28-29H,4-6,13H2,1H3,(H,31,34)(H,30,32,33). The van der Waals surface area contributed by atoms with E-state index in [1.807, 2.05) is 61.8 Å². The average Bonchev–Trinajstić information content (AvgIpc) is 3.29. The summed E-state index contributed by atoms with van der Waals surface area (Å²) >= 11 is 6.47. The number of hydrogen-bond acceptors (Lipinski definition) is 5. The molecular weight excluding hydrogens is 448 g/mol. The summed E-state index contributed by atoms with van der Waals surface area (Å²) in [5, 5.41) is 11.3. The molecule has 2 atom stereocenters. The Kier molecular flexibility index (Phi) is 6.36. The Balaban J connectivity index is 1.27. The second-order valence-corrected chi connectivity index (χ2v) is 9.05. The lowest BCUT2D eigenvalue weighted by molar-refractivity contribution is 0.0926. The molecule has 0 bridgehead atoms. The molecule has 1 aliphatic rings. The summed E-state index contributed by atoms with van der Waals surface area (Å²) in [5.41, 5.74) is 4.33. The first-order valence-corrected chi connectivity index (χ1v) is 11.9. The van der Waals surface area contributed by atoms with Gasteiger partial charge in [0, 0.05) is 53.0 Å². The van der Waals surface area contributed by atoms with Crippen molar-refractivity contribution in [1.82, 2.24) is 20.3 Å². The highest BCUT2D eigenvalue weighted by Crippen LogP contribution is 2.32. The molecule has 2 aromatic carbocycles. The van der Waals surface area contributed by atoms with E-state index in [9.17, 15) is 4.79 Å². The van der Waals surface area contributed by atoms with Crippen molar-refractivity contribution in [2.45, 2.75) is 37.8 Å². The smallest absolute Gasteiger partial charge is 0.251 e. The second kappa shape index (κ2) is 9.73. The van der Waals surface area contributed by atoms with Gasteiger partial charge in [-0.3, -0.25) is 4.79 Å². The number of nitrogens with one attached hydrogen (secondary N) is 4. The average molecular weight is 475 g/mol. The van der Waals surface area contributed by atoms with Crippen LogP contribution >= 0.6 is 11.6 Å². The fourth-order valence-electron chi connectivity index (χ4n) is 4.58. The third-order valence-electron chi connectivity index (χ3n) is 6.37. The zero-order valence-electron chi connectivity index (χ0n) is 18.9. The zero-order chi connectivity index (χ0) is 23.5. The van der Waals surface area contributed by atoms with Gasteiger partial charge in [0.2, 0.25) is 5.95 Å². The van der Waals surface area contributed by atoms with Gasteiger partial charge in [-0.2, -0.15) is 0 Å². The van der Waals surface area contributed by atoms with Gasteiger partial charge in [-0.15, -0.1) is 0 Å². The van der Waals surface area contributed by atoms with Crippen LogP contribution in [0.4, 0.5) is 11.6 Å². The van der Waals surface area contributed by atoms with Gasteiger partial charge in [-0.05, 0) is 56.0 Å². The quantitative estimate of drug-likeness (QED) is 0.297. The molecule has 1 saturated carbocycles. The predicted octanol–water partition coefficient (Wildman–Crippen LogP) is 5.47. The third-order valence-corrected chi connectivity index (χ3v) is 6.64. The number of halogens is 1. The number of fused-ring (bicyclic) bond motifs is 1. The molecule has 1 amide bonds. The van der Waals surface area contributed by atoms with E-state index in [0.29, 0.717) is 22.2 Å². The Morgan fingerprint density at radius 1 is 1.09 bits per heavy atom. The Morgan fingerprint density at radius 2 is 1.88 bits per heavy atom. The molecule has 0 aliphatic heterocycles. The number of carbonyl (C=O) groups is 1. The van der Waals surface area contributed by atoms with Crippen LogP contribution in [0, 0.1) is 0 Å². The first-order chi connectivity index (χ1) is 16.6. The molecule has 34 heavy (non-hydrogen) atoms. The number of rotatable bonds is 6. The summed E-state index contributed by atoms with van der Waals surface area (Å²) in [6, 6.07) is 15.8. The van der Waals surface area contributed by atoms with Crippen LogP contribution in [-0.4, -0.2) is 40.0 Å². The summed E-state index contributed by atoms with van der Waals surface area (Å²) in [7, 11) is 1.86. The van der Waals surface area contributed by atoms with E-state index in [-0.39, 0.29) is 18.0 Å². The Bertz CT molecular complexity index is 1300. The fraction of sp³-hybridized carbons (Fsp3) is 0.269. The number of H-pyrrole nitrogens is 1. The van der Waals surface area contributed by atoms with E-state index in [1.165, 1.54) is 0 Å². The lowest BCUT2D eigenvalue weighted by atomic mass is 9.91. The van der Waals surface area contributed by atoms with Gasteiger partial charge in [-0.1, -0.05) is 29.8 Å². The van der Waals surface area contributed by atoms with E-state index in [0.717, 1.165) is 47.8 Å². The fourth-order valence-corrected chi connectivity index (χ4v) is 4.78. The maximum Gasteiger partial charge on any atom is 0.251 e. The number of amides is 1. The molecule has 7 nitrogen and oxygen atoms in total. The summed E-state index contributed by atoms with van der Waals surface area (Å²) in [6.07, 6.45) is 7.36. The number of aromatic nitrogens is 3. The van der Waals surface area contributed by atoms with Gasteiger partial charge >= 0.3 is 0 Å². The summed E-state index contributed by atoms with van der Waals surface area (Å²) in [6.45, 7) is 0. The zero-order valence-corrected chi connectivity index (χ0v) is 19.7. The molecule has 0 spiro atoms. The van der Waals surface area contributed by atoms with Crippen LogP contribution in [0.25, 0.3) is 22.2 Å². The van der Waals surface area contributed by atoms with Crippen molar-refractivity contribution in [2.75, 3.05) is 17.7 Å². The number of benzene rings is 2. The number of para-hydroxylation sites is 1. The van der Waals surface area contributed by atoms with Crippen molar-refractivity contribution in [2.24, 2.45) is 0 Å². The van der Waals surface area contributed by atoms with Gasteiger partial charge < -0.3 is 20.9 Å². The SMILES string of the molecule is CNc1ccc(C(=O)NC2CCCC(Nc3ncc(Cl)c(-c4c[nH]c5ccccc45)n3)C2)cc1. The molecular formula is C26H27ClN6O. The summed E-state index contributed by atoms with van der Waals surface area (Å²) < 4.78 is 0. The predicted molar refractivity (Wildman–Crippen MR) is 137 cm³/mol. The molecule has 0 radical (unpaired) electrons. The first kappa shape index (κ1) is 22.2. The normalized spacial score (nSPS) is 17.9. The summed E-state index contributed by atoms with van der Waals surface area (Å²) in [4.78, 5) is 25.1. The van der Waals surface area contributed by atoms with E-state index in [2.05, 4.69) is 25.9 Å². The molecule has 174 valence electrons. The van der Waals surface area contributed by atoms with Gasteiger partial charge in [0.25, 0.3) is 5.91 Å². The first-order valence-electron chi connectivity index (χ1n) is 11.5. The number of hydrogen-bond donors (Lipinski definition) is 4. The largest absolute Gasteiger partial charge is 0.388 e. The molecule has 2 aromatic heterocycles. The number of nitrogens with zero attached hydrogens (tertiary/aromatic N) is 2. The van der Waals surface area contributed by atoms with Crippen LogP contribution in [-0.2, 0) is 0 Å². The van der Waals surface area contributed by atoms with Gasteiger partial charge in [0.05, 0.1) is 16.9 Å². The van der Waals surface area contributed by atoms with Crippen molar-refractivity contribution in [1.29, 1.82) is 0 Å². The Labute approximate surface area is 203 Å². The van der Waals surface area contributed by atoms with Crippen LogP contribution in [0.15, 0.2) is 60.9 Å². The molecule has 0 saturated heterocycles. The molecule has 8 heteroatoms. The number of carbonyl (C=O) groups excluding carboxylic acids is 1. The lowest BCUT2D eigenvalue weighted by Gasteiger charge is -2.30. The van der Waals surface area contributed by atoms with Gasteiger partial charge in [0.15, 0.2) is 0 Å². The third kappa shape index (κ3) is 4.70. The van der Waals surface area contributed by atoms with Crippen LogP contribution in [0.1, 0.15) is 36.0 Å². The Hall–Kier alpha value is -3.58. The van der Waals surface area contributed by atoms with E-state index >= 15 is 0 Å². The minimum atomic E-state index is -0.0438. The van der Waals surface area contributed by atoms with Crippen molar-refractivity contribution >= 4 is 40.0 Å². The Morgan fingerprint density at radius 3 is 2.71 bits per heavy atom. The second-order valence-electron chi connectivity index (χ2n) is 8.64. The summed E-state index contributed by atoms with van der Waals surface area (Å²) in [5.74, 6) is 0.502. The minimum absolute atomic E-state index is 0.0438. The highest BCUT2D eigenvalue weighted by Gasteiger charge is 2.24. The molecule has 1 fully saturated rings. The van der Waals surface area contributed by atoms with Crippen molar-refractivity contribution in [3.63, 3.8) is 0 Å². The van der Waals surface area contributed by atoms with E-state index in [1.54, 1.807) is 6.20 Å². The molecule has 5 rings (SSSR count). The molecule has 4 aromatic rings. The van der Waals surface area contributed by atoms with Crippen molar-refractivity contribution in [3.8, 4) is 11.3 Å². The number of anilines is 2. The highest BCUT2D eigenvalue weighted by molar-refractivity contribution is 6.33. The maximum absolute atomic E-state index is 12.7. The number of aromatic amines is 1. The van der Waals surface area contributed by atoms with Crippen molar-refractivity contribution < 1.29 is 4.79 Å². The lowest BCUT2D eigenvalue weighted by Crippen LogP contribution is -2.42. The highest BCUT2D eigenvalue weighted by atomic mass is 35.5. The van der Waals surface area contributed by atoms with Crippen LogP contribution in [0.3, 0.4) is 0 Å². The topological polar surface area (TPSA) is 94.7 Å². The van der Waals surface area contributed by atoms with Gasteiger partial charge in [0.1, 0.15) is 0 Å². The van der Waals surface area contributed by atoms with Gasteiger partial charge in [-0.25, -0.2) is 9.97 Å². The van der Waals surface area contributed by atoms with E-state index < -0.39 is 0 Å². The molecule has 2 unspecified atom stereocenters. The minimum Gasteiger partial charge on any atom is -0.388 e. The van der Waals surface area contributed by atoms with E-state index in [4.69, 9.17) is 16.6 Å². The van der Waals surface area contributed by atoms with Crippen molar-refractivity contribution in [3.05, 3.63) is 71.5 Å². The monoisotopic (exact) mass is 474 g/mol. The van der Waals surface area contributed by atoms with Crippen LogP contribution < -0.4 is 16.0 Å². The maximum atomic E-state index is 12.7. The molecule has 1 aliphatic carbocycles. The van der Waals surface area contributed by atoms with Crippen LogP contribution in [0.2, 0.25) is 5.02 Å². The molecule has 4 N–H and O–H groups in total. The van der Waals surface area contributed by atoms with Crippen LogP contribution in [0.5, 0.6) is 0 Å².